The molecule has 0 spiro atoms. The molecule has 19 heavy (non-hydrogen) atoms. The fraction of sp³-hybridized carbons (Fsp3) is 0.500. The van der Waals surface area contributed by atoms with E-state index in [1.807, 2.05) is 6.92 Å². The molecule has 0 fully saturated rings. The highest BCUT2D eigenvalue weighted by atomic mass is 32.2. The highest BCUT2D eigenvalue weighted by Crippen LogP contribution is 2.33. The summed E-state index contributed by atoms with van der Waals surface area (Å²) < 4.78 is 23.6. The van der Waals surface area contributed by atoms with Crippen LogP contribution in [0.1, 0.15) is 19.4 Å². The lowest BCUT2D eigenvalue weighted by Crippen LogP contribution is -2.28. The quantitative estimate of drug-likeness (QED) is 0.617. The Morgan fingerprint density at radius 3 is 2.74 bits per heavy atom. The highest BCUT2D eigenvalue weighted by Gasteiger charge is 2.28. The van der Waals surface area contributed by atoms with E-state index in [0.29, 0.717) is 6.04 Å². The lowest BCUT2D eigenvalue weighted by Gasteiger charge is -2.22. The summed E-state index contributed by atoms with van der Waals surface area (Å²) in [4.78, 5) is 11.8. The number of fused-ring (bicyclic) bond motifs is 1. The normalized spacial score (nSPS) is 18.4. The molecule has 1 aromatic carbocycles. The van der Waals surface area contributed by atoms with Crippen molar-refractivity contribution in [1.82, 2.24) is 0 Å². The van der Waals surface area contributed by atoms with Gasteiger partial charge in [-0.25, -0.2) is 8.42 Å². The van der Waals surface area contributed by atoms with Crippen molar-refractivity contribution in [3.63, 3.8) is 0 Å². The lowest BCUT2D eigenvalue weighted by atomic mass is 10.1. The fourth-order valence-electron chi connectivity index (χ4n) is 2.56. The fourth-order valence-corrected chi connectivity index (χ4v) is 3.58. The van der Waals surface area contributed by atoms with Gasteiger partial charge in [0.1, 0.15) is 0 Å². The van der Waals surface area contributed by atoms with Crippen molar-refractivity contribution in [3.8, 4) is 0 Å². The Hall–Kier alpha value is -1.63. The zero-order valence-corrected chi connectivity index (χ0v) is 11.7. The van der Waals surface area contributed by atoms with E-state index in [1.165, 1.54) is 6.07 Å². The van der Waals surface area contributed by atoms with Crippen molar-refractivity contribution < 1.29 is 13.3 Å². The zero-order valence-electron chi connectivity index (χ0n) is 10.9. The topological polar surface area (TPSA) is 80.5 Å². The number of likely N-dealkylation sites (N-methyl/N-ethyl adjacent to an activating group) is 1. The maximum absolute atomic E-state index is 11.8. The highest BCUT2D eigenvalue weighted by molar-refractivity contribution is 7.91. The second-order valence-corrected chi connectivity index (χ2v) is 6.67. The molecule has 7 heteroatoms. The van der Waals surface area contributed by atoms with E-state index < -0.39 is 20.6 Å². The minimum absolute atomic E-state index is 0.0353. The molecule has 0 aliphatic carbocycles. The molecule has 0 N–H and O–H groups in total. The maximum Gasteiger partial charge on any atom is 0.305 e. The molecule has 0 aromatic heterocycles. The van der Waals surface area contributed by atoms with Crippen molar-refractivity contribution in [2.75, 3.05) is 17.3 Å². The summed E-state index contributed by atoms with van der Waals surface area (Å²) in [6.07, 6.45) is 0.769. The Bertz CT molecular complexity index is 612. The van der Waals surface area contributed by atoms with Crippen molar-refractivity contribution in [1.29, 1.82) is 0 Å². The van der Waals surface area contributed by atoms with Gasteiger partial charge in [-0.1, -0.05) is 0 Å². The maximum atomic E-state index is 11.8. The first-order valence-corrected chi connectivity index (χ1v) is 7.74. The number of anilines is 1. The molecule has 1 heterocycles. The molecule has 1 unspecified atom stereocenters. The molecule has 104 valence electrons. The summed E-state index contributed by atoms with van der Waals surface area (Å²) in [7, 11) is -3.84. The third-order valence-electron chi connectivity index (χ3n) is 3.38. The summed E-state index contributed by atoms with van der Waals surface area (Å²) >= 11 is 0. The van der Waals surface area contributed by atoms with Gasteiger partial charge in [0.15, 0.2) is 0 Å². The van der Waals surface area contributed by atoms with E-state index in [-0.39, 0.29) is 4.90 Å². The second kappa shape index (κ2) is 4.80. The van der Waals surface area contributed by atoms with Gasteiger partial charge in [-0.15, -0.1) is 0 Å². The largest absolute Gasteiger partial charge is 0.369 e. The molecule has 1 aromatic rings. The smallest absolute Gasteiger partial charge is 0.305 e. The Morgan fingerprint density at radius 2 is 2.16 bits per heavy atom. The average Bonchev–Trinajstić information content (AvgIpc) is 2.61. The van der Waals surface area contributed by atoms with Crippen molar-refractivity contribution in [2.24, 2.45) is 0 Å². The van der Waals surface area contributed by atoms with Crippen LogP contribution >= 0.6 is 0 Å². The van der Waals surface area contributed by atoms with E-state index in [1.54, 1.807) is 12.1 Å². The van der Waals surface area contributed by atoms with Crippen molar-refractivity contribution in [2.45, 2.75) is 31.2 Å². The number of nitro groups is 1. The predicted octanol–water partition coefficient (Wildman–Crippen LogP) is 1.47. The average molecular weight is 284 g/mol. The van der Waals surface area contributed by atoms with Crippen LogP contribution in [0.15, 0.2) is 23.1 Å². The Kier molecular flexibility index (Phi) is 3.49. The number of nitrogens with zero attached hydrogens (tertiary/aromatic N) is 2. The van der Waals surface area contributed by atoms with Gasteiger partial charge in [-0.3, -0.25) is 10.1 Å². The van der Waals surface area contributed by atoms with Crippen LogP contribution in [0.2, 0.25) is 0 Å². The van der Waals surface area contributed by atoms with Gasteiger partial charge in [-0.05, 0) is 44.0 Å². The summed E-state index contributed by atoms with van der Waals surface area (Å²) in [5.41, 5.74) is 1.97. The third-order valence-corrected chi connectivity index (χ3v) is 4.91. The van der Waals surface area contributed by atoms with Crippen LogP contribution in [-0.2, 0) is 16.3 Å². The Morgan fingerprint density at radius 1 is 1.47 bits per heavy atom. The molecule has 0 bridgehead atoms. The number of hydrogen-bond donors (Lipinski definition) is 0. The molecule has 1 aliphatic heterocycles. The molecule has 0 amide bonds. The minimum Gasteiger partial charge on any atom is -0.369 e. The van der Waals surface area contributed by atoms with Crippen LogP contribution < -0.4 is 4.90 Å². The summed E-state index contributed by atoms with van der Waals surface area (Å²) in [5.74, 6) is -1.06. The molecule has 0 saturated carbocycles. The summed E-state index contributed by atoms with van der Waals surface area (Å²) in [5, 5.41) is 10.4. The lowest BCUT2D eigenvalue weighted by molar-refractivity contribution is -0.458. The number of sulfone groups is 1. The Balaban J connectivity index is 2.39. The van der Waals surface area contributed by atoms with Crippen LogP contribution in [0.25, 0.3) is 0 Å². The van der Waals surface area contributed by atoms with Crippen LogP contribution in [-0.4, -0.2) is 31.8 Å². The molecule has 1 aliphatic rings. The molecular formula is C12H16N2O4S. The van der Waals surface area contributed by atoms with Crippen LogP contribution in [0.5, 0.6) is 0 Å². The van der Waals surface area contributed by atoms with E-state index in [0.717, 1.165) is 24.2 Å². The van der Waals surface area contributed by atoms with Crippen molar-refractivity contribution >= 4 is 15.5 Å². The van der Waals surface area contributed by atoms with Gasteiger partial charge >= 0.3 is 5.88 Å². The molecule has 0 radical (unpaired) electrons. The van der Waals surface area contributed by atoms with Gasteiger partial charge in [-0.2, -0.15) is 0 Å². The number of benzene rings is 1. The first-order chi connectivity index (χ1) is 8.85. The van der Waals surface area contributed by atoms with E-state index >= 15 is 0 Å². The van der Waals surface area contributed by atoms with Crippen molar-refractivity contribution in [3.05, 3.63) is 33.9 Å². The molecule has 0 saturated heterocycles. The van der Waals surface area contributed by atoms with Crippen LogP contribution in [0, 0.1) is 10.1 Å². The van der Waals surface area contributed by atoms with E-state index in [4.69, 9.17) is 0 Å². The molecule has 1 atom stereocenters. The minimum atomic E-state index is -3.84. The summed E-state index contributed by atoms with van der Waals surface area (Å²) in [6, 6.07) is 5.10. The first-order valence-electron chi connectivity index (χ1n) is 6.09. The van der Waals surface area contributed by atoms with E-state index in [9.17, 15) is 18.5 Å². The zero-order chi connectivity index (χ0) is 14.2. The predicted molar refractivity (Wildman–Crippen MR) is 71.7 cm³/mol. The van der Waals surface area contributed by atoms with Gasteiger partial charge in [0.05, 0.1) is 4.90 Å². The van der Waals surface area contributed by atoms with E-state index in [2.05, 4.69) is 11.8 Å². The number of rotatable bonds is 4. The summed E-state index contributed by atoms with van der Waals surface area (Å²) in [6.45, 7) is 4.98. The van der Waals surface area contributed by atoms with Gasteiger partial charge in [0, 0.05) is 23.2 Å². The second-order valence-electron chi connectivity index (χ2n) is 4.71. The Labute approximate surface area is 112 Å². The van der Waals surface area contributed by atoms with Gasteiger partial charge < -0.3 is 4.90 Å². The van der Waals surface area contributed by atoms with Gasteiger partial charge in [0.2, 0.25) is 9.84 Å². The molecule has 6 nitrogen and oxygen atoms in total. The third kappa shape index (κ3) is 2.56. The standard InChI is InChI=1S/C12H16N2O4S/c1-3-13-9(2)6-10-7-11(4-5-12(10)13)19(17,18)8-14(15)16/h4-5,7,9H,3,6,8H2,1-2H3. The number of hydrogen-bond acceptors (Lipinski definition) is 5. The van der Waals surface area contributed by atoms with Gasteiger partial charge in [0.25, 0.3) is 0 Å². The first kappa shape index (κ1) is 13.8. The van der Waals surface area contributed by atoms with Crippen LogP contribution in [0.4, 0.5) is 5.69 Å². The molecular weight excluding hydrogens is 268 g/mol. The van der Waals surface area contributed by atoms with Crippen LogP contribution in [0.3, 0.4) is 0 Å². The molecule has 2 rings (SSSR count). The monoisotopic (exact) mass is 284 g/mol. The SMILES string of the molecule is CCN1c2ccc(S(=O)(=O)C[N+](=O)[O-])cc2CC1C.